The van der Waals surface area contributed by atoms with Crippen LogP contribution >= 0.6 is 11.6 Å². The third-order valence-corrected chi connectivity index (χ3v) is 3.61. The van der Waals surface area contributed by atoms with Crippen molar-refractivity contribution in [3.8, 4) is 0 Å². The van der Waals surface area contributed by atoms with Crippen LogP contribution in [0.2, 0.25) is 5.02 Å². The van der Waals surface area contributed by atoms with E-state index in [1.54, 1.807) is 13.2 Å². The molecule has 17 heavy (non-hydrogen) atoms. The molecule has 0 bridgehead atoms. The maximum atomic E-state index is 11.7. The van der Waals surface area contributed by atoms with Crippen molar-refractivity contribution in [2.75, 3.05) is 18.0 Å². The number of nitrogens with zero attached hydrogens (tertiary/aromatic N) is 3. The van der Waals surface area contributed by atoms with Crippen molar-refractivity contribution >= 4 is 17.3 Å². The zero-order valence-corrected chi connectivity index (χ0v) is 10.9. The molecule has 0 amide bonds. The Labute approximate surface area is 106 Å². The molecular formula is C12H18ClN3O. The summed E-state index contributed by atoms with van der Waals surface area (Å²) in [7, 11) is 1.62. The molecule has 4 nitrogen and oxygen atoms in total. The molecule has 1 saturated heterocycles. The highest BCUT2D eigenvalue weighted by Gasteiger charge is 2.15. The summed E-state index contributed by atoms with van der Waals surface area (Å²) in [6.45, 7) is 1.93. The Hall–Kier alpha value is -1.03. The Morgan fingerprint density at radius 2 is 1.76 bits per heavy atom. The van der Waals surface area contributed by atoms with E-state index in [4.69, 9.17) is 11.6 Å². The van der Waals surface area contributed by atoms with Gasteiger partial charge in [-0.1, -0.05) is 30.9 Å². The van der Waals surface area contributed by atoms with Crippen molar-refractivity contribution in [3.63, 3.8) is 0 Å². The summed E-state index contributed by atoms with van der Waals surface area (Å²) in [5, 5.41) is 4.34. The number of halogens is 1. The molecular weight excluding hydrogens is 238 g/mol. The molecule has 0 aliphatic carbocycles. The van der Waals surface area contributed by atoms with Crippen LogP contribution in [0, 0.1) is 0 Å². The summed E-state index contributed by atoms with van der Waals surface area (Å²) in [6.07, 6.45) is 7.84. The minimum atomic E-state index is -0.216. The van der Waals surface area contributed by atoms with E-state index in [2.05, 4.69) is 10.00 Å². The monoisotopic (exact) mass is 255 g/mol. The second kappa shape index (κ2) is 5.54. The Kier molecular flexibility index (Phi) is 4.05. The molecule has 0 spiro atoms. The molecule has 0 atom stereocenters. The molecule has 0 aromatic carbocycles. The first-order valence-electron chi connectivity index (χ1n) is 6.17. The van der Waals surface area contributed by atoms with E-state index < -0.39 is 0 Å². The van der Waals surface area contributed by atoms with Crippen molar-refractivity contribution in [2.45, 2.75) is 32.1 Å². The third kappa shape index (κ3) is 2.80. The zero-order valence-electron chi connectivity index (χ0n) is 10.2. The molecule has 1 aromatic rings. The number of rotatable bonds is 1. The molecule has 0 radical (unpaired) electrons. The van der Waals surface area contributed by atoms with Crippen LogP contribution in [0.1, 0.15) is 32.1 Å². The minimum absolute atomic E-state index is 0.216. The number of anilines is 1. The highest BCUT2D eigenvalue weighted by atomic mass is 35.5. The Bertz CT molecular complexity index is 436. The second-order valence-electron chi connectivity index (χ2n) is 4.53. The normalized spacial score (nSPS) is 17.6. The van der Waals surface area contributed by atoms with Gasteiger partial charge in [0.25, 0.3) is 5.56 Å². The van der Waals surface area contributed by atoms with Gasteiger partial charge in [0.2, 0.25) is 0 Å². The van der Waals surface area contributed by atoms with Crippen molar-refractivity contribution < 1.29 is 0 Å². The fourth-order valence-electron chi connectivity index (χ4n) is 2.21. The quantitative estimate of drug-likeness (QED) is 0.772. The maximum absolute atomic E-state index is 11.7. The van der Waals surface area contributed by atoms with Gasteiger partial charge in [0, 0.05) is 20.1 Å². The van der Waals surface area contributed by atoms with Gasteiger partial charge in [-0.2, -0.15) is 5.10 Å². The van der Waals surface area contributed by atoms with E-state index in [0.717, 1.165) is 31.6 Å². The predicted octanol–water partition coefficient (Wildman–Crippen LogP) is 2.20. The van der Waals surface area contributed by atoms with E-state index in [0.29, 0.717) is 5.02 Å². The first-order chi connectivity index (χ1) is 8.20. The molecule has 2 rings (SSSR count). The average molecular weight is 256 g/mol. The largest absolute Gasteiger partial charge is 0.369 e. The van der Waals surface area contributed by atoms with Crippen molar-refractivity contribution in [3.05, 3.63) is 21.6 Å². The van der Waals surface area contributed by atoms with Crippen LogP contribution in [-0.4, -0.2) is 22.9 Å². The van der Waals surface area contributed by atoms with Gasteiger partial charge < -0.3 is 4.90 Å². The van der Waals surface area contributed by atoms with Crippen molar-refractivity contribution in [1.29, 1.82) is 0 Å². The van der Waals surface area contributed by atoms with Gasteiger partial charge in [-0.15, -0.1) is 0 Å². The van der Waals surface area contributed by atoms with Crippen LogP contribution < -0.4 is 10.5 Å². The first-order valence-corrected chi connectivity index (χ1v) is 6.54. The number of hydrogen-bond acceptors (Lipinski definition) is 3. The molecule has 0 unspecified atom stereocenters. The molecule has 5 heteroatoms. The van der Waals surface area contributed by atoms with Gasteiger partial charge in [0.15, 0.2) is 0 Å². The summed E-state index contributed by atoms with van der Waals surface area (Å²) in [4.78, 5) is 13.9. The van der Waals surface area contributed by atoms with Crippen LogP contribution in [0.25, 0.3) is 0 Å². The van der Waals surface area contributed by atoms with Gasteiger partial charge >= 0.3 is 0 Å². The van der Waals surface area contributed by atoms with E-state index in [1.807, 2.05) is 0 Å². The molecule has 0 N–H and O–H groups in total. The smallest absolute Gasteiger partial charge is 0.287 e. The summed E-state index contributed by atoms with van der Waals surface area (Å²) >= 11 is 6.11. The summed E-state index contributed by atoms with van der Waals surface area (Å²) in [5.41, 5.74) is 0.572. The number of aromatic nitrogens is 2. The lowest BCUT2D eigenvalue weighted by Gasteiger charge is -2.27. The molecule has 1 aliphatic heterocycles. The number of hydrogen-bond donors (Lipinski definition) is 0. The van der Waals surface area contributed by atoms with Gasteiger partial charge in [0.1, 0.15) is 5.02 Å². The first kappa shape index (κ1) is 12.4. The second-order valence-corrected chi connectivity index (χ2v) is 4.91. The Morgan fingerprint density at radius 1 is 1.18 bits per heavy atom. The summed E-state index contributed by atoms with van der Waals surface area (Å²) in [6, 6.07) is 0. The van der Waals surface area contributed by atoms with E-state index in [1.165, 1.54) is 23.9 Å². The lowest BCUT2D eigenvalue weighted by molar-refractivity contribution is 0.554. The molecule has 2 heterocycles. The molecule has 94 valence electrons. The summed E-state index contributed by atoms with van der Waals surface area (Å²) in [5.74, 6) is 0. The van der Waals surface area contributed by atoms with Crippen LogP contribution in [-0.2, 0) is 7.05 Å². The lowest BCUT2D eigenvalue weighted by atomic mass is 10.1. The molecule has 0 saturated carbocycles. The fraction of sp³-hybridized carbons (Fsp3) is 0.667. The summed E-state index contributed by atoms with van der Waals surface area (Å²) < 4.78 is 1.27. The fourth-order valence-corrected chi connectivity index (χ4v) is 2.50. The van der Waals surface area contributed by atoms with Crippen molar-refractivity contribution in [2.24, 2.45) is 7.05 Å². The van der Waals surface area contributed by atoms with Crippen molar-refractivity contribution in [1.82, 2.24) is 9.78 Å². The van der Waals surface area contributed by atoms with Gasteiger partial charge in [-0.3, -0.25) is 4.79 Å². The third-order valence-electron chi connectivity index (χ3n) is 3.26. The van der Waals surface area contributed by atoms with Crippen LogP contribution in [0.4, 0.5) is 5.69 Å². The van der Waals surface area contributed by atoms with E-state index in [9.17, 15) is 4.79 Å². The Balaban J connectivity index is 2.25. The molecule has 1 fully saturated rings. The van der Waals surface area contributed by atoms with Gasteiger partial charge in [-0.05, 0) is 12.8 Å². The standard InChI is InChI=1S/C12H18ClN3O/c1-15-12(17)11(13)10(9-14-15)16-7-5-3-2-4-6-8-16/h9H,2-8H2,1H3. The van der Waals surface area contributed by atoms with Crippen LogP contribution in [0.15, 0.2) is 11.0 Å². The SMILES string of the molecule is Cn1ncc(N2CCCCCCC2)c(Cl)c1=O. The van der Waals surface area contributed by atoms with E-state index in [-0.39, 0.29) is 5.56 Å². The zero-order chi connectivity index (χ0) is 12.3. The topological polar surface area (TPSA) is 38.1 Å². The van der Waals surface area contributed by atoms with Crippen LogP contribution in [0.3, 0.4) is 0 Å². The highest BCUT2D eigenvalue weighted by Crippen LogP contribution is 2.23. The average Bonchev–Trinajstić information content (AvgIpc) is 2.27. The molecule has 1 aliphatic rings. The highest BCUT2D eigenvalue weighted by molar-refractivity contribution is 6.33. The van der Waals surface area contributed by atoms with Gasteiger partial charge in [-0.25, -0.2) is 4.68 Å². The maximum Gasteiger partial charge on any atom is 0.287 e. The number of aryl methyl sites for hydroxylation is 1. The predicted molar refractivity (Wildman–Crippen MR) is 69.8 cm³/mol. The van der Waals surface area contributed by atoms with Crippen LogP contribution in [0.5, 0.6) is 0 Å². The lowest BCUT2D eigenvalue weighted by Crippen LogP contribution is -2.30. The molecule has 1 aromatic heterocycles. The Morgan fingerprint density at radius 3 is 2.41 bits per heavy atom. The van der Waals surface area contributed by atoms with E-state index >= 15 is 0 Å². The van der Waals surface area contributed by atoms with Gasteiger partial charge in [0.05, 0.1) is 11.9 Å². The minimum Gasteiger partial charge on any atom is -0.369 e.